The molecule has 0 spiro atoms. The van der Waals surface area contributed by atoms with Gasteiger partial charge in [-0.2, -0.15) is 0 Å². The summed E-state index contributed by atoms with van der Waals surface area (Å²) in [5.41, 5.74) is 1.84. The van der Waals surface area contributed by atoms with E-state index in [4.69, 9.17) is 4.42 Å². The zero-order valence-electron chi connectivity index (χ0n) is 17.2. The number of para-hydroxylation sites is 1. The van der Waals surface area contributed by atoms with Crippen LogP contribution in [-0.4, -0.2) is 42.3 Å². The molecular weight excluding hydrogens is 394 g/mol. The maximum atomic E-state index is 13.1. The minimum absolute atomic E-state index is 0.0735. The maximum Gasteiger partial charge on any atom is 0.291 e. The van der Waals surface area contributed by atoms with E-state index in [1.165, 1.54) is 11.2 Å². The summed E-state index contributed by atoms with van der Waals surface area (Å²) < 4.78 is 5.07. The predicted molar refractivity (Wildman–Crippen MR) is 117 cm³/mol. The van der Waals surface area contributed by atoms with Crippen molar-refractivity contribution >= 4 is 29.1 Å². The Morgan fingerprint density at radius 2 is 1.77 bits per heavy atom. The van der Waals surface area contributed by atoms with E-state index >= 15 is 0 Å². The van der Waals surface area contributed by atoms with Crippen molar-refractivity contribution in [2.24, 2.45) is 0 Å². The first-order chi connectivity index (χ1) is 15.0. The first kappa shape index (κ1) is 20.4. The Bertz CT molecular complexity index is 1060. The Kier molecular flexibility index (Phi) is 5.84. The van der Waals surface area contributed by atoms with Crippen LogP contribution in [0, 0.1) is 0 Å². The average Bonchev–Trinajstić information content (AvgIpc) is 3.35. The summed E-state index contributed by atoms with van der Waals surface area (Å²) in [4.78, 5) is 41.4. The fourth-order valence-corrected chi connectivity index (χ4v) is 3.72. The number of hydrogen-bond donors (Lipinski definition) is 1. The fraction of sp³-hybridized carbons (Fsp3) is 0.208. The van der Waals surface area contributed by atoms with Crippen LogP contribution in [0.15, 0.2) is 77.4 Å². The van der Waals surface area contributed by atoms with Crippen molar-refractivity contribution in [2.45, 2.75) is 18.9 Å². The molecule has 1 atom stereocenters. The normalized spacial score (nSPS) is 16.1. The number of likely N-dealkylation sites (N-methyl/N-ethyl adjacent to an activating group) is 1. The molecule has 1 aliphatic heterocycles. The fourth-order valence-electron chi connectivity index (χ4n) is 3.72. The van der Waals surface area contributed by atoms with Crippen molar-refractivity contribution in [3.05, 3.63) is 84.3 Å². The smallest absolute Gasteiger partial charge is 0.291 e. The van der Waals surface area contributed by atoms with E-state index in [1.807, 2.05) is 30.3 Å². The van der Waals surface area contributed by atoms with E-state index in [9.17, 15) is 14.4 Å². The molecule has 4 rings (SSSR count). The SMILES string of the molecule is CN(C(=O)c1ccc(NC(=O)c2ccco2)cc1)C1CCCN(c2ccccc2)C1=O. The molecule has 0 saturated carbocycles. The van der Waals surface area contributed by atoms with Gasteiger partial charge in [0.1, 0.15) is 6.04 Å². The molecule has 3 aromatic rings. The van der Waals surface area contributed by atoms with Gasteiger partial charge >= 0.3 is 0 Å². The molecule has 0 bridgehead atoms. The highest BCUT2D eigenvalue weighted by atomic mass is 16.3. The first-order valence-electron chi connectivity index (χ1n) is 10.1. The molecule has 1 N–H and O–H groups in total. The largest absolute Gasteiger partial charge is 0.459 e. The van der Waals surface area contributed by atoms with E-state index in [1.54, 1.807) is 48.3 Å². The van der Waals surface area contributed by atoms with Gasteiger partial charge in [-0.1, -0.05) is 18.2 Å². The van der Waals surface area contributed by atoms with Gasteiger partial charge in [0.15, 0.2) is 5.76 Å². The van der Waals surface area contributed by atoms with Crippen LogP contribution >= 0.6 is 0 Å². The van der Waals surface area contributed by atoms with Gasteiger partial charge in [0.05, 0.1) is 6.26 Å². The first-order valence-corrected chi connectivity index (χ1v) is 10.1. The van der Waals surface area contributed by atoms with E-state index < -0.39 is 6.04 Å². The molecular formula is C24H23N3O4. The van der Waals surface area contributed by atoms with Crippen molar-refractivity contribution < 1.29 is 18.8 Å². The summed E-state index contributed by atoms with van der Waals surface area (Å²) in [6.45, 7) is 0.644. The number of amides is 3. The third-order valence-corrected chi connectivity index (χ3v) is 5.40. The van der Waals surface area contributed by atoms with E-state index in [2.05, 4.69) is 5.32 Å². The highest BCUT2D eigenvalue weighted by Crippen LogP contribution is 2.24. The molecule has 0 aliphatic carbocycles. The van der Waals surface area contributed by atoms with E-state index in [0.717, 1.165) is 12.1 Å². The lowest BCUT2D eigenvalue weighted by Crippen LogP contribution is -2.53. The highest BCUT2D eigenvalue weighted by molar-refractivity contribution is 6.04. The van der Waals surface area contributed by atoms with Gasteiger partial charge in [-0.05, 0) is 61.4 Å². The van der Waals surface area contributed by atoms with Crippen LogP contribution in [-0.2, 0) is 4.79 Å². The Balaban J connectivity index is 1.43. The van der Waals surface area contributed by atoms with Crippen LogP contribution in [0.1, 0.15) is 33.8 Å². The number of anilines is 2. The van der Waals surface area contributed by atoms with Crippen LogP contribution in [0.25, 0.3) is 0 Å². The van der Waals surface area contributed by atoms with Crippen molar-refractivity contribution in [2.75, 3.05) is 23.8 Å². The number of carbonyl (C=O) groups excluding carboxylic acids is 3. The standard InChI is InChI=1S/C24H23N3O4/c1-26(20-9-5-15-27(24(20)30)19-7-3-2-4-8-19)23(29)17-11-13-18(14-12-17)25-22(28)21-10-6-16-31-21/h2-4,6-8,10-14,16,20H,5,9,15H2,1H3,(H,25,28). The summed E-state index contributed by atoms with van der Waals surface area (Å²) in [5.74, 6) is -0.471. The predicted octanol–water partition coefficient (Wildman–Crippen LogP) is 3.80. The van der Waals surface area contributed by atoms with Crippen molar-refractivity contribution in [1.29, 1.82) is 0 Å². The second-order valence-corrected chi connectivity index (χ2v) is 7.41. The molecule has 1 saturated heterocycles. The molecule has 2 aromatic carbocycles. The number of hydrogen-bond acceptors (Lipinski definition) is 4. The van der Waals surface area contributed by atoms with Gasteiger partial charge in [-0.15, -0.1) is 0 Å². The topological polar surface area (TPSA) is 82.9 Å². The van der Waals surface area contributed by atoms with Crippen molar-refractivity contribution in [3.63, 3.8) is 0 Å². The molecule has 2 heterocycles. The summed E-state index contributed by atoms with van der Waals surface area (Å²) in [6.07, 6.45) is 2.88. The lowest BCUT2D eigenvalue weighted by Gasteiger charge is -2.36. The molecule has 1 unspecified atom stereocenters. The summed E-state index contributed by atoms with van der Waals surface area (Å²) in [7, 11) is 1.66. The molecule has 7 nitrogen and oxygen atoms in total. The second-order valence-electron chi connectivity index (χ2n) is 7.41. The Morgan fingerprint density at radius 3 is 2.45 bits per heavy atom. The van der Waals surface area contributed by atoms with E-state index in [0.29, 0.717) is 24.2 Å². The lowest BCUT2D eigenvalue weighted by molar-refractivity contribution is -0.124. The molecule has 1 aromatic heterocycles. The molecule has 1 fully saturated rings. The number of carbonyl (C=O) groups is 3. The molecule has 3 amide bonds. The third-order valence-electron chi connectivity index (χ3n) is 5.40. The highest BCUT2D eigenvalue weighted by Gasteiger charge is 2.34. The maximum absolute atomic E-state index is 13.1. The Hall–Kier alpha value is -3.87. The summed E-state index contributed by atoms with van der Waals surface area (Å²) in [5, 5.41) is 2.72. The Labute approximate surface area is 180 Å². The van der Waals surface area contributed by atoms with Gasteiger partial charge < -0.3 is 19.5 Å². The number of rotatable bonds is 5. The van der Waals surface area contributed by atoms with Crippen molar-refractivity contribution in [1.82, 2.24) is 4.90 Å². The molecule has 31 heavy (non-hydrogen) atoms. The van der Waals surface area contributed by atoms with Gasteiger partial charge in [0, 0.05) is 30.5 Å². The number of nitrogens with zero attached hydrogens (tertiary/aromatic N) is 2. The van der Waals surface area contributed by atoms with E-state index in [-0.39, 0.29) is 23.5 Å². The summed E-state index contributed by atoms with van der Waals surface area (Å²) in [6, 6.07) is 18.8. The van der Waals surface area contributed by atoms with Gasteiger partial charge in [0.25, 0.3) is 11.8 Å². The lowest BCUT2D eigenvalue weighted by atomic mass is 10.0. The van der Waals surface area contributed by atoms with Gasteiger partial charge in [-0.25, -0.2) is 0 Å². The van der Waals surface area contributed by atoms with Crippen LogP contribution in [0.3, 0.4) is 0 Å². The molecule has 158 valence electrons. The zero-order valence-corrected chi connectivity index (χ0v) is 17.2. The quantitative estimate of drug-likeness (QED) is 0.685. The zero-order chi connectivity index (χ0) is 21.8. The average molecular weight is 417 g/mol. The number of benzene rings is 2. The van der Waals surface area contributed by atoms with Crippen molar-refractivity contribution in [3.8, 4) is 0 Å². The number of piperidine rings is 1. The molecule has 1 aliphatic rings. The minimum atomic E-state index is -0.514. The van der Waals surface area contributed by atoms with Gasteiger partial charge in [0.2, 0.25) is 5.91 Å². The van der Waals surface area contributed by atoms with Gasteiger partial charge in [-0.3, -0.25) is 14.4 Å². The number of furan rings is 1. The third kappa shape index (κ3) is 4.35. The van der Waals surface area contributed by atoms with Crippen LogP contribution in [0.4, 0.5) is 11.4 Å². The van der Waals surface area contributed by atoms with Crippen LogP contribution in [0.2, 0.25) is 0 Å². The molecule has 0 radical (unpaired) electrons. The van der Waals surface area contributed by atoms with Crippen LogP contribution in [0.5, 0.6) is 0 Å². The minimum Gasteiger partial charge on any atom is -0.459 e. The molecule has 7 heteroatoms. The summed E-state index contributed by atoms with van der Waals surface area (Å²) >= 11 is 0. The second kappa shape index (κ2) is 8.87. The van der Waals surface area contributed by atoms with Crippen LogP contribution < -0.4 is 10.2 Å². The Morgan fingerprint density at radius 1 is 1.03 bits per heavy atom. The monoisotopic (exact) mass is 417 g/mol. The number of nitrogens with one attached hydrogen (secondary N) is 1.